The average Bonchev–Trinajstić information content (AvgIpc) is 2.69. The number of anilines is 4. The van der Waals surface area contributed by atoms with Gasteiger partial charge in [0.05, 0.1) is 18.4 Å². The third kappa shape index (κ3) is 4.78. The minimum absolute atomic E-state index is 0.339. The largest absolute Gasteiger partial charge is 0.462 e. The number of nitrogens with zero attached hydrogens (tertiary/aromatic N) is 3. The number of carbonyl (C=O) groups excluding carboxylic acids is 1. The van der Waals surface area contributed by atoms with Gasteiger partial charge in [0, 0.05) is 11.4 Å². The van der Waals surface area contributed by atoms with Gasteiger partial charge in [0.1, 0.15) is 0 Å². The Hall–Kier alpha value is -3.48. The maximum absolute atomic E-state index is 11.7. The Morgan fingerprint density at radius 1 is 1.04 bits per heavy atom. The number of nitrogens with one attached hydrogen (secondary N) is 2. The number of rotatable bonds is 7. The summed E-state index contributed by atoms with van der Waals surface area (Å²) in [6.07, 6.45) is 2.44. The molecule has 2 N–H and O–H groups in total. The normalized spacial score (nSPS) is 10.3. The first kappa shape index (κ1) is 18.3. The molecule has 1 aromatic heterocycles. The van der Waals surface area contributed by atoms with Crippen LogP contribution in [0, 0.1) is 0 Å². The summed E-state index contributed by atoms with van der Waals surface area (Å²) in [5.41, 5.74) is 3.41. The Labute approximate surface area is 157 Å². The highest BCUT2D eigenvalue weighted by atomic mass is 16.5. The standard InChI is InChI=1S/C20H21N5O2/c1-3-14-7-5-6-8-17(14)23-20-24-18(13-21-25-20)22-16-11-9-15(10-12-16)19(26)27-4-2/h5-13H,3-4H2,1-2H3,(H2,22,23,24,25). The van der Waals surface area contributed by atoms with Crippen molar-refractivity contribution in [1.82, 2.24) is 15.2 Å². The van der Waals surface area contributed by atoms with Crippen molar-refractivity contribution in [2.45, 2.75) is 20.3 Å². The van der Waals surface area contributed by atoms with E-state index in [1.807, 2.05) is 18.2 Å². The predicted molar refractivity (Wildman–Crippen MR) is 105 cm³/mol. The van der Waals surface area contributed by atoms with Crippen molar-refractivity contribution in [2.24, 2.45) is 0 Å². The molecule has 0 radical (unpaired) electrons. The van der Waals surface area contributed by atoms with Crippen LogP contribution in [0.4, 0.5) is 23.1 Å². The van der Waals surface area contributed by atoms with Gasteiger partial charge in [0.25, 0.3) is 0 Å². The van der Waals surface area contributed by atoms with E-state index in [1.165, 1.54) is 11.8 Å². The Kier molecular flexibility index (Phi) is 5.94. The number of carbonyl (C=O) groups is 1. The van der Waals surface area contributed by atoms with E-state index in [0.717, 1.165) is 17.8 Å². The molecule has 0 bridgehead atoms. The van der Waals surface area contributed by atoms with Crippen LogP contribution in [0.25, 0.3) is 0 Å². The number of aromatic nitrogens is 3. The Bertz CT molecular complexity index is 912. The van der Waals surface area contributed by atoms with Crippen molar-refractivity contribution in [3.8, 4) is 0 Å². The van der Waals surface area contributed by atoms with Gasteiger partial charge in [0.15, 0.2) is 5.82 Å². The van der Waals surface area contributed by atoms with E-state index in [0.29, 0.717) is 23.9 Å². The molecule has 3 aromatic rings. The molecule has 0 saturated carbocycles. The van der Waals surface area contributed by atoms with Gasteiger partial charge in [-0.2, -0.15) is 10.1 Å². The van der Waals surface area contributed by atoms with Gasteiger partial charge < -0.3 is 15.4 Å². The van der Waals surface area contributed by atoms with Crippen LogP contribution in [0.2, 0.25) is 0 Å². The zero-order chi connectivity index (χ0) is 19.1. The highest BCUT2D eigenvalue weighted by Gasteiger charge is 2.07. The van der Waals surface area contributed by atoms with Crippen LogP contribution in [0.5, 0.6) is 0 Å². The molecule has 0 saturated heterocycles. The van der Waals surface area contributed by atoms with Crippen molar-refractivity contribution in [2.75, 3.05) is 17.2 Å². The van der Waals surface area contributed by atoms with Crippen molar-refractivity contribution < 1.29 is 9.53 Å². The molecule has 0 amide bonds. The molecule has 0 unspecified atom stereocenters. The van der Waals surface area contributed by atoms with E-state index in [9.17, 15) is 4.79 Å². The van der Waals surface area contributed by atoms with Crippen LogP contribution < -0.4 is 10.6 Å². The molecule has 0 atom stereocenters. The van der Waals surface area contributed by atoms with Gasteiger partial charge in [-0.05, 0) is 49.2 Å². The highest BCUT2D eigenvalue weighted by Crippen LogP contribution is 2.20. The Balaban J connectivity index is 1.71. The first-order chi connectivity index (χ1) is 13.2. The molecule has 7 heteroatoms. The van der Waals surface area contributed by atoms with Crippen molar-refractivity contribution in [3.63, 3.8) is 0 Å². The van der Waals surface area contributed by atoms with Crippen LogP contribution in [0.1, 0.15) is 29.8 Å². The second-order valence-electron chi connectivity index (χ2n) is 5.72. The molecule has 0 aliphatic carbocycles. The third-order valence-electron chi connectivity index (χ3n) is 3.87. The number of hydrogen-bond acceptors (Lipinski definition) is 7. The lowest BCUT2D eigenvalue weighted by molar-refractivity contribution is 0.0526. The van der Waals surface area contributed by atoms with Crippen LogP contribution in [0.3, 0.4) is 0 Å². The van der Waals surface area contributed by atoms with E-state index in [-0.39, 0.29) is 5.97 Å². The van der Waals surface area contributed by atoms with Gasteiger partial charge in [-0.15, -0.1) is 5.10 Å². The van der Waals surface area contributed by atoms with Crippen molar-refractivity contribution >= 4 is 29.1 Å². The maximum Gasteiger partial charge on any atom is 0.338 e. The van der Waals surface area contributed by atoms with Gasteiger partial charge in [0.2, 0.25) is 5.95 Å². The summed E-state index contributed by atoms with van der Waals surface area (Å²) >= 11 is 0. The lowest BCUT2D eigenvalue weighted by Gasteiger charge is -2.10. The Morgan fingerprint density at radius 2 is 1.81 bits per heavy atom. The second-order valence-corrected chi connectivity index (χ2v) is 5.72. The minimum Gasteiger partial charge on any atom is -0.462 e. The molecular weight excluding hydrogens is 342 g/mol. The number of esters is 1. The van der Waals surface area contributed by atoms with Crippen LogP contribution in [-0.4, -0.2) is 27.8 Å². The lowest BCUT2D eigenvalue weighted by Crippen LogP contribution is -2.05. The molecule has 138 valence electrons. The number of ether oxygens (including phenoxy) is 1. The summed E-state index contributed by atoms with van der Waals surface area (Å²) in [4.78, 5) is 16.1. The summed E-state index contributed by atoms with van der Waals surface area (Å²) in [6, 6.07) is 15.0. The summed E-state index contributed by atoms with van der Waals surface area (Å²) in [7, 11) is 0. The molecule has 7 nitrogen and oxygen atoms in total. The summed E-state index contributed by atoms with van der Waals surface area (Å²) < 4.78 is 4.98. The first-order valence-corrected chi connectivity index (χ1v) is 8.78. The second kappa shape index (κ2) is 8.75. The molecule has 1 heterocycles. The molecular formula is C20H21N5O2. The topological polar surface area (TPSA) is 89.0 Å². The summed E-state index contributed by atoms with van der Waals surface area (Å²) in [5.74, 6) is 0.614. The molecule has 0 aliphatic heterocycles. The fourth-order valence-electron chi connectivity index (χ4n) is 2.54. The SMILES string of the molecule is CCOC(=O)c1ccc(Nc2cnnc(Nc3ccccc3CC)n2)cc1. The van der Waals surface area contributed by atoms with E-state index in [2.05, 4.69) is 38.8 Å². The molecule has 3 rings (SSSR count). The monoisotopic (exact) mass is 363 g/mol. The van der Waals surface area contributed by atoms with Gasteiger partial charge in [-0.1, -0.05) is 25.1 Å². The zero-order valence-electron chi connectivity index (χ0n) is 15.3. The minimum atomic E-state index is -0.339. The smallest absolute Gasteiger partial charge is 0.338 e. The lowest BCUT2D eigenvalue weighted by atomic mass is 10.1. The molecule has 2 aromatic carbocycles. The van der Waals surface area contributed by atoms with Crippen LogP contribution >= 0.6 is 0 Å². The Morgan fingerprint density at radius 3 is 2.56 bits per heavy atom. The number of para-hydroxylation sites is 1. The summed E-state index contributed by atoms with van der Waals surface area (Å²) in [5, 5.41) is 14.4. The fourth-order valence-corrected chi connectivity index (χ4v) is 2.54. The van der Waals surface area contributed by atoms with E-state index in [4.69, 9.17) is 4.74 Å². The molecule has 27 heavy (non-hydrogen) atoms. The van der Waals surface area contributed by atoms with Gasteiger partial charge >= 0.3 is 5.97 Å². The van der Waals surface area contributed by atoms with Crippen LogP contribution in [0.15, 0.2) is 54.7 Å². The number of hydrogen-bond donors (Lipinski definition) is 2. The molecule has 0 spiro atoms. The van der Waals surface area contributed by atoms with Gasteiger partial charge in [-0.3, -0.25) is 0 Å². The maximum atomic E-state index is 11.7. The van der Waals surface area contributed by atoms with E-state index < -0.39 is 0 Å². The van der Waals surface area contributed by atoms with E-state index in [1.54, 1.807) is 31.2 Å². The quantitative estimate of drug-likeness (QED) is 0.611. The zero-order valence-corrected chi connectivity index (χ0v) is 15.3. The number of benzene rings is 2. The first-order valence-electron chi connectivity index (χ1n) is 8.78. The molecule has 0 aliphatic rings. The predicted octanol–water partition coefficient (Wildman–Crippen LogP) is 4.10. The highest BCUT2D eigenvalue weighted by molar-refractivity contribution is 5.89. The third-order valence-corrected chi connectivity index (χ3v) is 3.87. The van der Waals surface area contributed by atoms with Gasteiger partial charge in [-0.25, -0.2) is 4.79 Å². The summed E-state index contributed by atoms with van der Waals surface area (Å²) in [6.45, 7) is 4.22. The fraction of sp³-hybridized carbons (Fsp3) is 0.200. The number of aryl methyl sites for hydroxylation is 1. The average molecular weight is 363 g/mol. The van der Waals surface area contributed by atoms with Crippen molar-refractivity contribution in [3.05, 3.63) is 65.9 Å². The molecule has 0 fully saturated rings. The van der Waals surface area contributed by atoms with Crippen molar-refractivity contribution in [1.29, 1.82) is 0 Å². The van der Waals surface area contributed by atoms with Crippen LogP contribution in [-0.2, 0) is 11.2 Å². The van der Waals surface area contributed by atoms with E-state index >= 15 is 0 Å².